The topological polar surface area (TPSA) is 103 Å². The zero-order valence-electron chi connectivity index (χ0n) is 23.4. The summed E-state index contributed by atoms with van der Waals surface area (Å²) in [6, 6.07) is 11.6. The fourth-order valence-electron chi connectivity index (χ4n) is 5.18. The van der Waals surface area contributed by atoms with Crippen LogP contribution in [-0.2, 0) is 22.9 Å². The second kappa shape index (κ2) is 12.4. The predicted molar refractivity (Wildman–Crippen MR) is 150 cm³/mol. The third-order valence-corrected chi connectivity index (χ3v) is 9.34. The number of benzene rings is 2. The summed E-state index contributed by atoms with van der Waals surface area (Å²) < 4.78 is 69.8. The van der Waals surface area contributed by atoms with Crippen molar-refractivity contribution in [3.05, 3.63) is 65.3 Å². The van der Waals surface area contributed by atoms with Crippen molar-refractivity contribution in [2.45, 2.75) is 32.0 Å². The maximum absolute atomic E-state index is 15.3. The van der Waals surface area contributed by atoms with Crippen LogP contribution < -0.4 is 4.90 Å². The first kappa shape index (κ1) is 30.0. The molecule has 3 aromatic rings. The van der Waals surface area contributed by atoms with Crippen LogP contribution in [0.2, 0.25) is 0 Å². The normalized spacial score (nSPS) is 19.1. The van der Waals surface area contributed by atoms with Crippen LogP contribution in [0, 0.1) is 5.82 Å². The number of likely N-dealkylation sites (tertiary alicyclic amines) is 1. The van der Waals surface area contributed by atoms with Crippen molar-refractivity contribution in [1.29, 1.82) is 0 Å². The summed E-state index contributed by atoms with van der Waals surface area (Å²) in [7, 11) is 0.947. The summed E-state index contributed by atoms with van der Waals surface area (Å²) in [6.45, 7) is 2.68. The molecule has 0 bridgehead atoms. The zero-order valence-corrected chi connectivity index (χ0v) is 24.2. The molecule has 10 nitrogen and oxygen atoms in total. The Morgan fingerprint density at radius 1 is 1.07 bits per heavy atom. The van der Waals surface area contributed by atoms with Crippen molar-refractivity contribution >= 4 is 21.6 Å². The van der Waals surface area contributed by atoms with E-state index >= 15 is 4.39 Å². The zero-order chi connectivity index (χ0) is 30.0. The molecule has 226 valence electrons. The lowest BCUT2D eigenvalue weighted by Crippen LogP contribution is -2.49. The first-order valence-electron chi connectivity index (χ1n) is 13.6. The molecule has 0 aliphatic carbocycles. The number of nitrogens with zero attached hydrogens (tertiary/aromatic N) is 6. The van der Waals surface area contributed by atoms with Gasteiger partial charge in [-0.3, -0.25) is 9.80 Å². The number of anilines is 1. The van der Waals surface area contributed by atoms with Gasteiger partial charge in [-0.25, -0.2) is 17.6 Å². The van der Waals surface area contributed by atoms with Crippen LogP contribution in [0.1, 0.15) is 29.9 Å². The van der Waals surface area contributed by atoms with Crippen molar-refractivity contribution < 1.29 is 30.8 Å². The van der Waals surface area contributed by atoms with Crippen LogP contribution in [0.5, 0.6) is 0 Å². The fourth-order valence-corrected chi connectivity index (χ4v) is 6.38. The lowest BCUT2D eigenvalue weighted by molar-refractivity contribution is 0.116. The van der Waals surface area contributed by atoms with E-state index in [1.54, 1.807) is 0 Å². The molecule has 2 aromatic carbocycles. The monoisotopic (exact) mass is 606 g/mol. The summed E-state index contributed by atoms with van der Waals surface area (Å²) in [4.78, 5) is 21.1. The summed E-state index contributed by atoms with van der Waals surface area (Å²) in [5, 5.41) is 6.83. The molecule has 0 radical (unpaired) electrons. The highest BCUT2D eigenvalue weighted by atomic mass is 32.2. The Morgan fingerprint density at radius 2 is 1.79 bits per heavy atom. The summed E-state index contributed by atoms with van der Waals surface area (Å²) >= 11 is 0. The Kier molecular flexibility index (Phi) is 8.85. The number of hydrogen-bond donors (Lipinski definition) is 0. The third-order valence-electron chi connectivity index (χ3n) is 7.73. The average molecular weight is 607 g/mol. The van der Waals surface area contributed by atoms with E-state index in [1.165, 1.54) is 21.9 Å². The second-order valence-electron chi connectivity index (χ2n) is 10.9. The molecule has 0 saturated carbocycles. The number of alkyl halides is 2. The molecule has 1 unspecified atom stereocenters. The molecule has 3 heterocycles. The van der Waals surface area contributed by atoms with Gasteiger partial charge < -0.3 is 14.2 Å². The Labute approximate surface area is 242 Å². The van der Waals surface area contributed by atoms with Gasteiger partial charge in [-0.05, 0) is 50.3 Å². The van der Waals surface area contributed by atoms with Gasteiger partial charge in [-0.15, -0.1) is 10.2 Å². The molecular formula is C28H33F3N6O4S. The molecule has 5 rings (SSSR count). The molecule has 0 N–H and O–H groups in total. The molecule has 1 atom stereocenters. The number of carbonyl (C=O) groups excluding carboxylic acids is 1. The molecule has 1 aromatic heterocycles. The number of halogens is 3. The first-order chi connectivity index (χ1) is 20.0. The highest BCUT2D eigenvalue weighted by Crippen LogP contribution is 2.27. The molecule has 42 heavy (non-hydrogen) atoms. The Morgan fingerprint density at radius 3 is 2.38 bits per heavy atom. The molecule has 2 aliphatic rings. The highest BCUT2D eigenvalue weighted by molar-refractivity contribution is 7.91. The molecule has 14 heteroatoms. The van der Waals surface area contributed by atoms with Gasteiger partial charge in [0.1, 0.15) is 5.82 Å². The molecule has 0 spiro atoms. The third kappa shape index (κ3) is 6.93. The van der Waals surface area contributed by atoms with Crippen LogP contribution in [0.3, 0.4) is 0 Å². The summed E-state index contributed by atoms with van der Waals surface area (Å²) in [5.74, 6) is -2.07. The smallest absolute Gasteiger partial charge is 0.324 e. The maximum atomic E-state index is 15.3. The minimum absolute atomic E-state index is 0.0444. The van der Waals surface area contributed by atoms with Crippen LogP contribution >= 0.6 is 0 Å². The number of carbonyl (C=O) groups is 1. The van der Waals surface area contributed by atoms with Gasteiger partial charge in [0.2, 0.25) is 5.89 Å². The van der Waals surface area contributed by atoms with Crippen molar-refractivity contribution in [2.24, 2.45) is 0 Å². The molecule has 2 fully saturated rings. The number of aromatic nitrogens is 2. The van der Waals surface area contributed by atoms with Crippen LogP contribution in [0.4, 0.5) is 23.7 Å². The molecule has 2 aliphatic heterocycles. The quantitative estimate of drug-likeness (QED) is 0.382. The average Bonchev–Trinajstić information content (AvgIpc) is 3.63. The Bertz CT molecular complexity index is 1500. The SMILES string of the molecule is CN(C)C1CCN(Cc2ccc(N(Cc3ccc(-c4nnc(C(F)F)o4)cc3F)C(=O)N3CCS(=O)(=O)CC3)cc2)C1. The second-order valence-corrected chi connectivity index (χ2v) is 13.2. The predicted octanol–water partition coefficient (Wildman–Crippen LogP) is 3.81. The van der Waals surface area contributed by atoms with E-state index in [9.17, 15) is 22.0 Å². The van der Waals surface area contributed by atoms with Gasteiger partial charge in [0.05, 0.1) is 18.1 Å². The number of sulfone groups is 1. The van der Waals surface area contributed by atoms with E-state index in [4.69, 9.17) is 4.42 Å². The van der Waals surface area contributed by atoms with Crippen LogP contribution in [0.15, 0.2) is 46.9 Å². The minimum atomic E-state index is -3.21. The number of rotatable bonds is 8. The van der Waals surface area contributed by atoms with Crippen molar-refractivity contribution in [3.8, 4) is 11.5 Å². The van der Waals surface area contributed by atoms with Crippen LogP contribution in [-0.4, -0.2) is 97.2 Å². The van der Waals surface area contributed by atoms with E-state index in [0.29, 0.717) is 11.7 Å². The van der Waals surface area contributed by atoms with Gasteiger partial charge in [0.15, 0.2) is 9.84 Å². The summed E-state index contributed by atoms with van der Waals surface area (Å²) in [5.41, 5.74) is 1.90. The van der Waals surface area contributed by atoms with Gasteiger partial charge in [-0.2, -0.15) is 8.78 Å². The van der Waals surface area contributed by atoms with Gasteiger partial charge in [0, 0.05) is 55.6 Å². The van der Waals surface area contributed by atoms with Crippen molar-refractivity contribution in [2.75, 3.05) is 56.7 Å². The van der Waals surface area contributed by atoms with Gasteiger partial charge in [0.25, 0.3) is 5.89 Å². The van der Waals surface area contributed by atoms with E-state index in [2.05, 4.69) is 34.1 Å². The van der Waals surface area contributed by atoms with Crippen molar-refractivity contribution in [1.82, 2.24) is 24.9 Å². The van der Waals surface area contributed by atoms with Crippen LogP contribution in [0.25, 0.3) is 11.5 Å². The number of urea groups is 1. The lowest BCUT2D eigenvalue weighted by atomic mass is 10.1. The summed E-state index contributed by atoms with van der Waals surface area (Å²) in [6.07, 6.45) is -1.85. The van der Waals surface area contributed by atoms with E-state index in [0.717, 1.165) is 37.7 Å². The van der Waals surface area contributed by atoms with Crippen molar-refractivity contribution in [3.63, 3.8) is 0 Å². The maximum Gasteiger partial charge on any atom is 0.324 e. The molecule has 2 amide bonds. The Hall–Kier alpha value is -3.49. The number of likely N-dealkylation sites (N-methyl/N-ethyl adjacent to an activating group) is 1. The standard InChI is InChI=1S/C28H33F3N6O4S/c1-34(2)23-9-10-35(18-23)16-19-3-7-22(8-4-19)37(28(38)36-11-13-42(39,40)14-12-36)17-21-6-5-20(15-24(21)29)26-32-33-27(41-26)25(30)31/h3-8,15,23,25H,9-14,16-18H2,1-2H3. The fraction of sp³-hybridized carbons (Fsp3) is 0.464. The Balaban J connectivity index is 1.36. The number of amides is 2. The largest absolute Gasteiger partial charge is 0.415 e. The van der Waals surface area contributed by atoms with E-state index < -0.39 is 34.0 Å². The van der Waals surface area contributed by atoms with Gasteiger partial charge >= 0.3 is 12.5 Å². The van der Waals surface area contributed by atoms with E-state index in [1.807, 2.05) is 24.3 Å². The highest BCUT2D eigenvalue weighted by Gasteiger charge is 2.30. The minimum Gasteiger partial charge on any atom is -0.415 e. The number of hydrogen-bond acceptors (Lipinski definition) is 8. The molecule has 2 saturated heterocycles. The van der Waals surface area contributed by atoms with E-state index in [-0.39, 0.29) is 48.2 Å². The molecular weight excluding hydrogens is 573 g/mol. The first-order valence-corrected chi connectivity index (χ1v) is 15.5. The van der Waals surface area contributed by atoms with Gasteiger partial charge in [-0.1, -0.05) is 18.2 Å². The lowest BCUT2D eigenvalue weighted by Gasteiger charge is -2.33.